The second kappa shape index (κ2) is 4.71. The number of nitrogens with zero attached hydrogens (tertiary/aromatic N) is 2. The topological polar surface area (TPSA) is 80.0 Å². The smallest absolute Gasteiger partial charge is 0.319 e. The Labute approximate surface area is 82.1 Å². The van der Waals surface area contributed by atoms with Crippen LogP contribution >= 0.6 is 0 Å². The summed E-state index contributed by atoms with van der Waals surface area (Å²) in [5.74, 6) is 0.233. The fourth-order valence-corrected chi connectivity index (χ4v) is 0.975. The van der Waals surface area contributed by atoms with E-state index in [-0.39, 0.29) is 17.8 Å². The number of hydrogen-bond donors (Lipinski definition) is 2. The van der Waals surface area contributed by atoms with Crippen LogP contribution in [0.5, 0.6) is 0 Å². The molecule has 2 N–H and O–H groups in total. The largest absolute Gasteiger partial charge is 0.328 e. The summed E-state index contributed by atoms with van der Waals surface area (Å²) in [4.78, 5) is 15.3. The van der Waals surface area contributed by atoms with Gasteiger partial charge in [0, 0.05) is 12.5 Å². The maximum Gasteiger partial charge on any atom is 0.328 e. The van der Waals surface area contributed by atoms with E-state index in [9.17, 15) is 4.79 Å². The second-order valence-corrected chi connectivity index (χ2v) is 3.09. The molecule has 1 atom stereocenters. The number of carbonyl (C=O) groups excluding carboxylic acids is 1. The minimum atomic E-state index is -0.136. The summed E-state index contributed by atoms with van der Waals surface area (Å²) in [6.45, 7) is 4.12. The van der Waals surface area contributed by atoms with Crippen LogP contribution in [0.15, 0.2) is 4.52 Å². The molecule has 0 fully saturated rings. The van der Waals surface area contributed by atoms with Gasteiger partial charge >= 0.3 is 6.01 Å². The second-order valence-electron chi connectivity index (χ2n) is 3.09. The van der Waals surface area contributed by atoms with Gasteiger partial charge in [0.05, 0.1) is 0 Å². The Morgan fingerprint density at radius 3 is 2.86 bits per heavy atom. The van der Waals surface area contributed by atoms with E-state index in [1.54, 1.807) is 14.0 Å². The van der Waals surface area contributed by atoms with Crippen molar-refractivity contribution in [3.63, 3.8) is 0 Å². The van der Waals surface area contributed by atoms with Gasteiger partial charge in [-0.3, -0.25) is 10.1 Å². The average Bonchev–Trinajstić information content (AvgIpc) is 2.51. The summed E-state index contributed by atoms with van der Waals surface area (Å²) in [5.41, 5.74) is 0. The maximum atomic E-state index is 11.4. The van der Waals surface area contributed by atoms with Gasteiger partial charge in [0.15, 0.2) is 5.82 Å². The molecule has 0 aliphatic heterocycles. The molecule has 1 rings (SSSR count). The summed E-state index contributed by atoms with van der Waals surface area (Å²) < 4.78 is 4.75. The van der Waals surface area contributed by atoms with Crippen LogP contribution in [-0.4, -0.2) is 29.6 Å². The third kappa shape index (κ3) is 2.81. The monoisotopic (exact) mass is 198 g/mol. The summed E-state index contributed by atoms with van der Waals surface area (Å²) >= 11 is 0. The Morgan fingerprint density at radius 2 is 2.36 bits per heavy atom. The lowest BCUT2D eigenvalue weighted by Crippen LogP contribution is -2.28. The van der Waals surface area contributed by atoms with Gasteiger partial charge in [-0.2, -0.15) is 4.98 Å². The van der Waals surface area contributed by atoms with Crippen LogP contribution in [-0.2, 0) is 4.79 Å². The molecule has 6 heteroatoms. The van der Waals surface area contributed by atoms with Crippen molar-refractivity contribution in [3.8, 4) is 0 Å². The molecule has 1 unspecified atom stereocenters. The van der Waals surface area contributed by atoms with Crippen molar-refractivity contribution < 1.29 is 9.32 Å². The molecule has 1 aromatic heterocycles. The van der Waals surface area contributed by atoms with Gasteiger partial charge in [-0.15, -0.1) is 0 Å². The zero-order valence-electron chi connectivity index (χ0n) is 8.50. The van der Waals surface area contributed by atoms with Gasteiger partial charge in [-0.05, 0) is 14.0 Å². The van der Waals surface area contributed by atoms with E-state index >= 15 is 0 Å². The quantitative estimate of drug-likeness (QED) is 0.721. The molecule has 6 nitrogen and oxygen atoms in total. The molecule has 0 spiro atoms. The Kier molecular flexibility index (Phi) is 3.58. The molecule has 0 aliphatic rings. The van der Waals surface area contributed by atoms with Crippen molar-refractivity contribution in [2.24, 2.45) is 5.92 Å². The minimum absolute atomic E-state index is 0.132. The molecule has 1 amide bonds. The lowest BCUT2D eigenvalue weighted by molar-refractivity contribution is -0.119. The number of aromatic nitrogens is 2. The first-order chi connectivity index (χ1) is 6.63. The molecule has 1 heterocycles. The number of amides is 1. The van der Waals surface area contributed by atoms with E-state index in [0.717, 1.165) is 0 Å². The SMILES string of the molecule is CNCC(C)C(=O)Nc1nc(C)no1. The van der Waals surface area contributed by atoms with Gasteiger partial charge in [-0.25, -0.2) is 0 Å². The highest BCUT2D eigenvalue weighted by molar-refractivity contribution is 5.90. The van der Waals surface area contributed by atoms with Crippen LogP contribution in [0.1, 0.15) is 12.7 Å². The van der Waals surface area contributed by atoms with E-state index in [1.165, 1.54) is 0 Å². The van der Waals surface area contributed by atoms with Crippen LogP contribution < -0.4 is 10.6 Å². The molecular formula is C8H14N4O2. The van der Waals surface area contributed by atoms with E-state index in [4.69, 9.17) is 4.52 Å². The summed E-state index contributed by atoms with van der Waals surface area (Å²) in [5, 5.41) is 9.00. The third-order valence-corrected chi connectivity index (χ3v) is 1.72. The van der Waals surface area contributed by atoms with Gasteiger partial charge in [0.1, 0.15) is 0 Å². The van der Waals surface area contributed by atoms with Gasteiger partial charge in [0.25, 0.3) is 0 Å². The van der Waals surface area contributed by atoms with Crippen molar-refractivity contribution in [1.29, 1.82) is 0 Å². The predicted molar refractivity (Wildman–Crippen MR) is 50.8 cm³/mol. The van der Waals surface area contributed by atoms with Gasteiger partial charge < -0.3 is 9.84 Å². The number of rotatable bonds is 4. The summed E-state index contributed by atoms with van der Waals surface area (Å²) in [7, 11) is 1.79. The first-order valence-electron chi connectivity index (χ1n) is 4.39. The van der Waals surface area contributed by atoms with Crippen molar-refractivity contribution in [3.05, 3.63) is 5.82 Å². The summed E-state index contributed by atoms with van der Waals surface area (Å²) in [6, 6.07) is 0.149. The van der Waals surface area contributed by atoms with Crippen LogP contribution in [0.3, 0.4) is 0 Å². The number of aryl methyl sites for hydroxylation is 1. The van der Waals surface area contributed by atoms with E-state index in [2.05, 4.69) is 20.8 Å². The van der Waals surface area contributed by atoms with Crippen LogP contribution in [0, 0.1) is 12.8 Å². The van der Waals surface area contributed by atoms with Crippen LogP contribution in [0.4, 0.5) is 6.01 Å². The summed E-state index contributed by atoms with van der Waals surface area (Å²) in [6.07, 6.45) is 0. The van der Waals surface area contributed by atoms with Gasteiger partial charge in [-0.1, -0.05) is 12.1 Å². The first-order valence-corrected chi connectivity index (χ1v) is 4.39. The average molecular weight is 198 g/mol. The number of nitrogens with one attached hydrogen (secondary N) is 2. The van der Waals surface area contributed by atoms with E-state index in [1.807, 2.05) is 6.92 Å². The molecule has 0 saturated carbocycles. The fourth-order valence-electron chi connectivity index (χ4n) is 0.975. The fraction of sp³-hybridized carbons (Fsp3) is 0.625. The number of anilines is 1. The molecule has 14 heavy (non-hydrogen) atoms. The Balaban J connectivity index is 2.48. The zero-order chi connectivity index (χ0) is 10.6. The van der Waals surface area contributed by atoms with Gasteiger partial charge in [0.2, 0.25) is 5.91 Å². The first kappa shape index (κ1) is 10.6. The minimum Gasteiger partial charge on any atom is -0.319 e. The Morgan fingerprint density at radius 1 is 1.64 bits per heavy atom. The standard InChI is InChI=1S/C8H14N4O2/c1-5(4-9-3)7(13)11-8-10-6(2)12-14-8/h5,9H,4H2,1-3H3,(H,10,11,12,13). The van der Waals surface area contributed by atoms with Crippen LogP contribution in [0.2, 0.25) is 0 Å². The molecule has 0 bridgehead atoms. The van der Waals surface area contributed by atoms with Crippen molar-refractivity contribution >= 4 is 11.9 Å². The normalized spacial score (nSPS) is 12.5. The Bertz CT molecular complexity index is 310. The highest BCUT2D eigenvalue weighted by Crippen LogP contribution is 2.04. The van der Waals surface area contributed by atoms with E-state index < -0.39 is 0 Å². The zero-order valence-corrected chi connectivity index (χ0v) is 8.50. The molecule has 0 saturated heterocycles. The van der Waals surface area contributed by atoms with Crippen molar-refractivity contribution in [2.45, 2.75) is 13.8 Å². The predicted octanol–water partition coefficient (Wildman–Crippen LogP) is 0.172. The van der Waals surface area contributed by atoms with Crippen LogP contribution in [0.25, 0.3) is 0 Å². The lowest BCUT2D eigenvalue weighted by Gasteiger charge is -2.07. The molecule has 0 aromatic carbocycles. The molecule has 0 aliphatic carbocycles. The lowest BCUT2D eigenvalue weighted by atomic mass is 10.2. The van der Waals surface area contributed by atoms with Crippen molar-refractivity contribution in [1.82, 2.24) is 15.5 Å². The molecule has 78 valence electrons. The van der Waals surface area contributed by atoms with E-state index in [0.29, 0.717) is 12.4 Å². The highest BCUT2D eigenvalue weighted by Gasteiger charge is 2.14. The molecule has 0 radical (unpaired) electrons. The maximum absolute atomic E-state index is 11.4. The number of carbonyl (C=O) groups is 1. The van der Waals surface area contributed by atoms with Crippen molar-refractivity contribution in [2.75, 3.05) is 18.9 Å². The molecular weight excluding hydrogens is 184 g/mol. The Hall–Kier alpha value is -1.43. The number of hydrogen-bond acceptors (Lipinski definition) is 5. The highest BCUT2D eigenvalue weighted by atomic mass is 16.5. The molecule has 1 aromatic rings. The third-order valence-electron chi connectivity index (χ3n) is 1.72.